The largest absolute Gasteiger partial charge is 0.450 e. The molecule has 0 spiro atoms. The molecule has 0 atom stereocenters. The van der Waals surface area contributed by atoms with Crippen molar-refractivity contribution in [3.05, 3.63) is 46.0 Å². The average molecular weight is 342 g/mol. The molecule has 4 N–H and O–H groups in total. The summed E-state index contributed by atoms with van der Waals surface area (Å²) in [5.41, 5.74) is 12.7. The Morgan fingerprint density at radius 1 is 1.16 bits per heavy atom. The van der Waals surface area contributed by atoms with Crippen molar-refractivity contribution >= 4 is 23.4 Å². The van der Waals surface area contributed by atoms with E-state index in [9.17, 15) is 4.79 Å². The third kappa shape index (κ3) is 4.41. The van der Waals surface area contributed by atoms with Gasteiger partial charge in [0.05, 0.1) is 12.3 Å². The Hall–Kier alpha value is -2.76. The van der Waals surface area contributed by atoms with E-state index in [0.717, 1.165) is 0 Å². The van der Waals surface area contributed by atoms with Crippen LogP contribution in [0.5, 0.6) is 0 Å². The van der Waals surface area contributed by atoms with E-state index in [1.165, 1.54) is 27.8 Å². The van der Waals surface area contributed by atoms with Crippen molar-refractivity contribution in [1.82, 2.24) is 4.98 Å². The molecule has 2 rings (SSSR count). The summed E-state index contributed by atoms with van der Waals surface area (Å²) >= 11 is 0. The monoisotopic (exact) mass is 342 g/mol. The molecule has 0 aliphatic heterocycles. The first-order valence-corrected chi connectivity index (χ1v) is 8.34. The summed E-state index contributed by atoms with van der Waals surface area (Å²) < 4.78 is 4.84. The second kappa shape index (κ2) is 7.88. The van der Waals surface area contributed by atoms with E-state index in [0.29, 0.717) is 24.7 Å². The number of nitrogens with zero attached hydrogens (tertiary/aromatic N) is 1. The number of anilines is 3. The van der Waals surface area contributed by atoms with Crippen molar-refractivity contribution in [3.8, 4) is 0 Å². The Kier molecular flexibility index (Phi) is 5.85. The Morgan fingerprint density at radius 2 is 1.80 bits per heavy atom. The van der Waals surface area contributed by atoms with Gasteiger partial charge in [-0.1, -0.05) is 6.07 Å². The molecule has 0 saturated carbocycles. The summed E-state index contributed by atoms with van der Waals surface area (Å²) in [5.74, 6) is 0.900. The van der Waals surface area contributed by atoms with Crippen LogP contribution in [0.15, 0.2) is 18.2 Å². The van der Waals surface area contributed by atoms with Crippen LogP contribution in [0.4, 0.5) is 22.1 Å². The van der Waals surface area contributed by atoms with E-state index in [1.807, 2.05) is 0 Å². The minimum Gasteiger partial charge on any atom is -0.450 e. The number of amides is 1. The lowest BCUT2D eigenvalue weighted by molar-refractivity contribution is 0.168. The second-order valence-corrected chi connectivity index (χ2v) is 6.07. The van der Waals surface area contributed by atoms with Gasteiger partial charge in [-0.05, 0) is 74.6 Å². The molecule has 1 aromatic heterocycles. The first-order valence-electron chi connectivity index (χ1n) is 8.34. The molecule has 0 aliphatic carbocycles. The second-order valence-electron chi connectivity index (χ2n) is 6.07. The van der Waals surface area contributed by atoms with Crippen LogP contribution < -0.4 is 16.4 Å². The summed E-state index contributed by atoms with van der Waals surface area (Å²) in [7, 11) is 0. The molecule has 1 aromatic carbocycles. The van der Waals surface area contributed by atoms with Gasteiger partial charge in [0.15, 0.2) is 0 Å². The molecule has 0 unspecified atom stereocenters. The van der Waals surface area contributed by atoms with Crippen LogP contribution in [0.1, 0.15) is 34.7 Å². The fraction of sp³-hybridized carbons (Fsp3) is 0.368. The summed E-state index contributed by atoms with van der Waals surface area (Å²) in [6.07, 6.45) is -0.543. The lowest BCUT2D eigenvalue weighted by Crippen LogP contribution is -2.15. The minimum atomic E-state index is -0.543. The zero-order valence-electron chi connectivity index (χ0n) is 15.5. The zero-order valence-corrected chi connectivity index (χ0v) is 15.5. The molecule has 25 heavy (non-hydrogen) atoms. The summed E-state index contributed by atoms with van der Waals surface area (Å²) in [6.45, 7) is 11.2. The number of benzene rings is 1. The maximum Gasteiger partial charge on any atom is 0.411 e. The van der Waals surface area contributed by atoms with Gasteiger partial charge in [-0.2, -0.15) is 0 Å². The maximum atomic E-state index is 11.5. The lowest BCUT2D eigenvalue weighted by atomic mass is 9.94. The van der Waals surface area contributed by atoms with Crippen molar-refractivity contribution in [2.24, 2.45) is 0 Å². The van der Waals surface area contributed by atoms with Gasteiger partial charge in [-0.15, -0.1) is 0 Å². The molecular weight excluding hydrogens is 316 g/mol. The first kappa shape index (κ1) is 18.6. The van der Waals surface area contributed by atoms with E-state index in [2.05, 4.69) is 49.4 Å². The molecule has 6 heteroatoms. The number of aromatic nitrogens is 1. The van der Waals surface area contributed by atoms with Gasteiger partial charge in [0.25, 0.3) is 0 Å². The number of nitrogens with one attached hydrogen (secondary N) is 2. The van der Waals surface area contributed by atoms with Crippen LogP contribution in [-0.4, -0.2) is 17.7 Å². The highest BCUT2D eigenvalue weighted by atomic mass is 16.5. The van der Waals surface area contributed by atoms with Crippen LogP contribution in [0.25, 0.3) is 0 Å². The van der Waals surface area contributed by atoms with Crippen LogP contribution in [-0.2, 0) is 11.3 Å². The van der Waals surface area contributed by atoms with Gasteiger partial charge in [-0.3, -0.25) is 5.32 Å². The molecule has 0 fully saturated rings. The van der Waals surface area contributed by atoms with Gasteiger partial charge >= 0.3 is 6.09 Å². The molecule has 134 valence electrons. The zero-order chi connectivity index (χ0) is 18.6. The molecule has 1 heterocycles. The first-order chi connectivity index (χ1) is 11.8. The van der Waals surface area contributed by atoms with Crippen LogP contribution in [0.3, 0.4) is 0 Å². The Morgan fingerprint density at radius 3 is 2.36 bits per heavy atom. The van der Waals surface area contributed by atoms with Crippen molar-refractivity contribution in [3.63, 3.8) is 0 Å². The Labute approximate surface area is 148 Å². The topological polar surface area (TPSA) is 89.3 Å². The smallest absolute Gasteiger partial charge is 0.411 e. The SMILES string of the molecule is CCOC(=O)Nc1ccc(NCc2c(C)c(C)cc(C)c2C)nc1N. The Balaban J connectivity index is 2.12. The fourth-order valence-corrected chi connectivity index (χ4v) is 2.70. The van der Waals surface area contributed by atoms with E-state index in [-0.39, 0.29) is 5.82 Å². The molecule has 0 aliphatic rings. The van der Waals surface area contributed by atoms with Crippen molar-refractivity contribution in [1.29, 1.82) is 0 Å². The normalized spacial score (nSPS) is 10.4. The van der Waals surface area contributed by atoms with Crippen molar-refractivity contribution < 1.29 is 9.53 Å². The van der Waals surface area contributed by atoms with Crippen molar-refractivity contribution in [2.75, 3.05) is 23.0 Å². The van der Waals surface area contributed by atoms with E-state index in [4.69, 9.17) is 10.5 Å². The number of carbonyl (C=O) groups is 1. The number of pyridine rings is 1. The number of ether oxygens (including phenoxy) is 1. The molecule has 0 bridgehead atoms. The third-order valence-electron chi connectivity index (χ3n) is 4.40. The highest BCUT2D eigenvalue weighted by Crippen LogP contribution is 2.24. The lowest BCUT2D eigenvalue weighted by Gasteiger charge is -2.16. The van der Waals surface area contributed by atoms with Gasteiger partial charge < -0.3 is 15.8 Å². The average Bonchev–Trinajstić information content (AvgIpc) is 2.55. The van der Waals surface area contributed by atoms with E-state index < -0.39 is 6.09 Å². The van der Waals surface area contributed by atoms with Gasteiger partial charge in [0.1, 0.15) is 11.6 Å². The number of hydrogen-bond donors (Lipinski definition) is 3. The highest BCUT2D eigenvalue weighted by molar-refractivity contribution is 5.88. The van der Waals surface area contributed by atoms with E-state index >= 15 is 0 Å². The Bertz CT molecular complexity index is 761. The standard InChI is InChI=1S/C19H26N4O2/c1-6-25-19(24)22-16-7-8-17(23-18(16)20)21-10-15-13(4)11(2)9-12(3)14(15)5/h7-9H,6,10H2,1-5H3,(H,22,24)(H3,20,21,23). The number of hydrogen-bond acceptors (Lipinski definition) is 5. The predicted octanol–water partition coefficient (Wildman–Crippen LogP) is 4.08. The van der Waals surface area contributed by atoms with Crippen molar-refractivity contribution in [2.45, 2.75) is 41.2 Å². The number of aryl methyl sites for hydroxylation is 2. The molecule has 2 aromatic rings. The number of carbonyl (C=O) groups excluding carboxylic acids is 1. The van der Waals surface area contributed by atoms with Crippen LogP contribution in [0, 0.1) is 27.7 Å². The molecule has 0 radical (unpaired) electrons. The molecule has 1 amide bonds. The minimum absolute atomic E-state index is 0.243. The van der Waals surface area contributed by atoms with Crippen LogP contribution >= 0.6 is 0 Å². The summed E-state index contributed by atoms with van der Waals surface area (Å²) in [5, 5.41) is 5.88. The molecule has 6 nitrogen and oxygen atoms in total. The van der Waals surface area contributed by atoms with Crippen LogP contribution in [0.2, 0.25) is 0 Å². The number of nitrogens with two attached hydrogens (primary N) is 1. The predicted molar refractivity (Wildman–Crippen MR) is 102 cm³/mol. The molecular formula is C19H26N4O2. The summed E-state index contributed by atoms with van der Waals surface area (Å²) in [4.78, 5) is 15.8. The van der Waals surface area contributed by atoms with Gasteiger partial charge in [0.2, 0.25) is 0 Å². The van der Waals surface area contributed by atoms with Gasteiger partial charge in [0, 0.05) is 6.54 Å². The highest BCUT2D eigenvalue weighted by Gasteiger charge is 2.10. The third-order valence-corrected chi connectivity index (χ3v) is 4.40. The quantitative estimate of drug-likeness (QED) is 0.762. The summed E-state index contributed by atoms with van der Waals surface area (Å²) in [6, 6.07) is 5.70. The maximum absolute atomic E-state index is 11.5. The molecule has 0 saturated heterocycles. The number of rotatable bonds is 5. The number of nitrogen functional groups attached to an aromatic ring is 1. The fourth-order valence-electron chi connectivity index (χ4n) is 2.70. The van der Waals surface area contributed by atoms with Gasteiger partial charge in [-0.25, -0.2) is 9.78 Å². The van der Waals surface area contributed by atoms with E-state index in [1.54, 1.807) is 19.1 Å².